The van der Waals surface area contributed by atoms with E-state index in [9.17, 15) is 9.59 Å². The van der Waals surface area contributed by atoms with Crippen molar-refractivity contribution in [1.29, 1.82) is 5.26 Å². The molecule has 2 aromatic rings. The van der Waals surface area contributed by atoms with Crippen molar-refractivity contribution in [2.45, 2.75) is 13.3 Å². The number of esters is 1. The first-order valence-corrected chi connectivity index (χ1v) is 8.31. The summed E-state index contributed by atoms with van der Waals surface area (Å²) in [6, 6.07) is 13.6. The molecule has 1 amide bonds. The summed E-state index contributed by atoms with van der Waals surface area (Å²) in [4.78, 5) is 24.1. The Morgan fingerprint density at radius 3 is 2.48 bits per heavy atom. The van der Waals surface area contributed by atoms with Crippen LogP contribution in [0.3, 0.4) is 0 Å². The minimum absolute atomic E-state index is 0.254. The highest BCUT2D eigenvalue weighted by Gasteiger charge is 2.14. The third-order valence-electron chi connectivity index (χ3n) is 3.55. The molecular formula is C20H20N2O5. The van der Waals surface area contributed by atoms with Crippen LogP contribution in [-0.4, -0.2) is 32.2 Å². The fourth-order valence-electron chi connectivity index (χ4n) is 2.28. The number of anilines is 1. The average molecular weight is 368 g/mol. The van der Waals surface area contributed by atoms with E-state index in [1.165, 1.54) is 13.2 Å². The summed E-state index contributed by atoms with van der Waals surface area (Å²) in [5, 5.41) is 11.3. The molecule has 0 bridgehead atoms. The van der Waals surface area contributed by atoms with Gasteiger partial charge < -0.3 is 19.5 Å². The molecule has 0 saturated heterocycles. The van der Waals surface area contributed by atoms with Gasteiger partial charge in [-0.25, -0.2) is 4.79 Å². The second-order valence-electron chi connectivity index (χ2n) is 5.45. The quantitative estimate of drug-likeness (QED) is 0.720. The van der Waals surface area contributed by atoms with E-state index in [-0.39, 0.29) is 5.56 Å². The zero-order valence-electron chi connectivity index (χ0n) is 15.2. The molecule has 0 aliphatic carbocycles. The summed E-state index contributed by atoms with van der Waals surface area (Å²) >= 11 is 0. The number of hydrogen-bond acceptors (Lipinski definition) is 6. The lowest BCUT2D eigenvalue weighted by Gasteiger charge is -2.11. The van der Waals surface area contributed by atoms with Crippen molar-refractivity contribution in [3.63, 3.8) is 0 Å². The molecule has 27 heavy (non-hydrogen) atoms. The van der Waals surface area contributed by atoms with Gasteiger partial charge in [0.15, 0.2) is 18.1 Å². The van der Waals surface area contributed by atoms with Gasteiger partial charge in [-0.15, -0.1) is 0 Å². The number of benzene rings is 2. The van der Waals surface area contributed by atoms with Gasteiger partial charge in [0, 0.05) is 5.69 Å². The molecule has 2 aromatic carbocycles. The van der Waals surface area contributed by atoms with Gasteiger partial charge in [0.25, 0.3) is 5.91 Å². The van der Waals surface area contributed by atoms with E-state index in [2.05, 4.69) is 5.32 Å². The first-order valence-electron chi connectivity index (χ1n) is 8.31. The number of hydrogen-bond donors (Lipinski definition) is 1. The van der Waals surface area contributed by atoms with Crippen molar-refractivity contribution in [2.75, 3.05) is 25.6 Å². The number of ether oxygens (including phenoxy) is 3. The number of nitriles is 1. The molecule has 2 rings (SSSR count). The summed E-state index contributed by atoms with van der Waals surface area (Å²) in [6.45, 7) is 1.89. The van der Waals surface area contributed by atoms with Crippen LogP contribution in [0, 0.1) is 11.3 Å². The topological polar surface area (TPSA) is 97.6 Å². The van der Waals surface area contributed by atoms with Crippen LogP contribution in [0.4, 0.5) is 5.69 Å². The first-order chi connectivity index (χ1) is 13.1. The Morgan fingerprint density at radius 1 is 1.11 bits per heavy atom. The van der Waals surface area contributed by atoms with Crippen molar-refractivity contribution in [1.82, 2.24) is 0 Å². The monoisotopic (exact) mass is 368 g/mol. The van der Waals surface area contributed by atoms with Crippen LogP contribution in [0.1, 0.15) is 22.8 Å². The fraction of sp³-hybridized carbons (Fsp3) is 0.250. The molecule has 0 heterocycles. The van der Waals surface area contributed by atoms with Gasteiger partial charge in [-0.3, -0.25) is 4.79 Å². The van der Waals surface area contributed by atoms with Gasteiger partial charge in [-0.1, -0.05) is 12.1 Å². The number of nitrogens with one attached hydrogen (secondary N) is 1. The second-order valence-corrected chi connectivity index (χ2v) is 5.45. The molecule has 0 saturated carbocycles. The average Bonchev–Trinajstić information content (AvgIpc) is 2.68. The second kappa shape index (κ2) is 9.82. The SMILES string of the molecule is CCOc1ccc(C(=O)OCC(=O)Nc2ccc(CC#N)cc2)cc1OC. The molecule has 140 valence electrons. The summed E-state index contributed by atoms with van der Waals surface area (Å²) in [6.07, 6.45) is 0.303. The predicted octanol–water partition coefficient (Wildman–Crippen LogP) is 2.96. The number of amides is 1. The highest BCUT2D eigenvalue weighted by atomic mass is 16.5. The summed E-state index contributed by atoms with van der Waals surface area (Å²) in [5.74, 6) is -0.174. The first kappa shape index (κ1) is 19.8. The molecule has 0 aromatic heterocycles. The van der Waals surface area contributed by atoms with Crippen LogP contribution < -0.4 is 14.8 Å². The Labute approximate surface area is 157 Å². The van der Waals surface area contributed by atoms with E-state index in [0.717, 1.165) is 5.56 Å². The van der Waals surface area contributed by atoms with Gasteiger partial charge in [0.05, 0.1) is 31.8 Å². The lowest BCUT2D eigenvalue weighted by atomic mass is 10.1. The van der Waals surface area contributed by atoms with Crippen LogP contribution >= 0.6 is 0 Å². The van der Waals surface area contributed by atoms with Gasteiger partial charge in [0.2, 0.25) is 0 Å². The molecule has 0 fully saturated rings. The van der Waals surface area contributed by atoms with Crippen molar-refractivity contribution in [2.24, 2.45) is 0 Å². The molecule has 1 N–H and O–H groups in total. The van der Waals surface area contributed by atoms with Crippen LogP contribution in [0.25, 0.3) is 0 Å². The van der Waals surface area contributed by atoms with E-state index < -0.39 is 18.5 Å². The Kier molecular flexibility index (Phi) is 7.20. The molecule has 0 unspecified atom stereocenters. The van der Waals surface area contributed by atoms with Crippen molar-refractivity contribution in [3.8, 4) is 17.6 Å². The fourth-order valence-corrected chi connectivity index (χ4v) is 2.28. The van der Waals surface area contributed by atoms with Gasteiger partial charge in [-0.2, -0.15) is 5.26 Å². The van der Waals surface area contributed by atoms with Crippen molar-refractivity contribution < 1.29 is 23.8 Å². The Morgan fingerprint density at radius 2 is 1.85 bits per heavy atom. The number of rotatable bonds is 8. The van der Waals surface area contributed by atoms with Crippen molar-refractivity contribution >= 4 is 17.6 Å². The third-order valence-corrected chi connectivity index (χ3v) is 3.55. The summed E-state index contributed by atoms with van der Waals surface area (Å²) in [7, 11) is 1.47. The zero-order valence-corrected chi connectivity index (χ0v) is 15.2. The van der Waals surface area contributed by atoms with Crippen LogP contribution in [0.5, 0.6) is 11.5 Å². The number of methoxy groups -OCH3 is 1. The zero-order chi connectivity index (χ0) is 19.6. The molecule has 7 heteroatoms. The van der Waals surface area contributed by atoms with Crippen LogP contribution in [0.2, 0.25) is 0 Å². The highest BCUT2D eigenvalue weighted by Crippen LogP contribution is 2.28. The molecule has 0 spiro atoms. The predicted molar refractivity (Wildman–Crippen MR) is 98.8 cm³/mol. The number of carbonyl (C=O) groups is 2. The van der Waals surface area contributed by atoms with E-state index >= 15 is 0 Å². The lowest BCUT2D eigenvalue weighted by Crippen LogP contribution is -2.21. The van der Waals surface area contributed by atoms with E-state index in [4.69, 9.17) is 19.5 Å². The standard InChI is InChI=1S/C20H20N2O5/c1-3-26-17-9-6-15(12-18(17)25-2)20(24)27-13-19(23)22-16-7-4-14(5-8-16)10-11-21/h4-9,12H,3,10,13H2,1-2H3,(H,22,23). The van der Waals surface area contributed by atoms with Crippen molar-refractivity contribution in [3.05, 3.63) is 53.6 Å². The maximum atomic E-state index is 12.1. The van der Waals surface area contributed by atoms with Gasteiger partial charge >= 0.3 is 5.97 Å². The van der Waals surface area contributed by atoms with E-state index in [1.807, 2.05) is 13.0 Å². The van der Waals surface area contributed by atoms with Gasteiger partial charge in [0.1, 0.15) is 0 Å². The smallest absolute Gasteiger partial charge is 0.338 e. The lowest BCUT2D eigenvalue weighted by molar-refractivity contribution is -0.119. The largest absolute Gasteiger partial charge is 0.493 e. The van der Waals surface area contributed by atoms with Gasteiger partial charge in [-0.05, 0) is 42.8 Å². The molecular weight excluding hydrogens is 348 g/mol. The van der Waals surface area contributed by atoms with Crippen LogP contribution in [0.15, 0.2) is 42.5 Å². The Bertz CT molecular complexity index is 840. The maximum absolute atomic E-state index is 12.1. The maximum Gasteiger partial charge on any atom is 0.338 e. The molecule has 0 aliphatic rings. The summed E-state index contributed by atoms with van der Waals surface area (Å²) in [5.41, 5.74) is 1.66. The molecule has 0 atom stereocenters. The number of nitrogens with zero attached hydrogens (tertiary/aromatic N) is 1. The molecule has 7 nitrogen and oxygen atoms in total. The van der Waals surface area contributed by atoms with Crippen LogP contribution in [-0.2, 0) is 16.0 Å². The Hall–Kier alpha value is -3.53. The number of carbonyl (C=O) groups excluding carboxylic acids is 2. The van der Waals surface area contributed by atoms with E-state index in [1.54, 1.807) is 36.4 Å². The van der Waals surface area contributed by atoms with E-state index in [0.29, 0.717) is 30.2 Å². The highest BCUT2D eigenvalue weighted by molar-refractivity contribution is 5.95. The molecule has 0 aliphatic heterocycles. The minimum atomic E-state index is -0.643. The minimum Gasteiger partial charge on any atom is -0.493 e. The third kappa shape index (κ3) is 5.75. The normalized spacial score (nSPS) is 9.81. The molecule has 0 radical (unpaired) electrons. The summed E-state index contributed by atoms with van der Waals surface area (Å²) < 4.78 is 15.6. The Balaban J connectivity index is 1.90.